The van der Waals surface area contributed by atoms with E-state index in [4.69, 9.17) is 18.6 Å². The van der Waals surface area contributed by atoms with E-state index >= 15 is 0 Å². The molecule has 2 aromatic carbocycles. The van der Waals surface area contributed by atoms with Crippen LogP contribution in [0.3, 0.4) is 0 Å². The summed E-state index contributed by atoms with van der Waals surface area (Å²) in [5, 5.41) is 2.58. The van der Waals surface area contributed by atoms with Gasteiger partial charge in [0.05, 0.1) is 12.7 Å². The summed E-state index contributed by atoms with van der Waals surface area (Å²) >= 11 is 0. The molecule has 2 fully saturated rings. The average Bonchev–Trinajstić information content (AvgIpc) is 3.36. The summed E-state index contributed by atoms with van der Waals surface area (Å²) in [5.41, 5.74) is 0. The third-order valence-corrected chi connectivity index (χ3v) is 13.7. The van der Waals surface area contributed by atoms with Crippen molar-refractivity contribution >= 4 is 24.7 Å². The number of carbonyl (C=O) groups is 1. The zero-order valence-electron chi connectivity index (χ0n) is 26.8. The normalized spacial score (nSPS) is 20.0. The molecule has 6 heteroatoms. The van der Waals surface area contributed by atoms with Crippen molar-refractivity contribution < 1.29 is 23.4 Å². The Hall–Kier alpha value is -2.69. The van der Waals surface area contributed by atoms with Gasteiger partial charge in [-0.15, -0.1) is 0 Å². The molecule has 0 N–H and O–H groups in total. The van der Waals surface area contributed by atoms with E-state index in [0.29, 0.717) is 13.0 Å². The first-order valence-corrected chi connectivity index (χ1v) is 18.0. The lowest BCUT2D eigenvalue weighted by Gasteiger charge is -2.44. The van der Waals surface area contributed by atoms with Gasteiger partial charge in [0.25, 0.3) is 8.32 Å². The van der Waals surface area contributed by atoms with Crippen LogP contribution in [0.1, 0.15) is 92.4 Å². The zero-order chi connectivity index (χ0) is 30.8. The van der Waals surface area contributed by atoms with E-state index < -0.39 is 20.2 Å². The fourth-order valence-electron chi connectivity index (χ4n) is 6.52. The number of allylic oxidation sites excluding steroid dienone is 2. The van der Waals surface area contributed by atoms with Crippen molar-refractivity contribution in [1.29, 1.82) is 0 Å². The van der Waals surface area contributed by atoms with Gasteiger partial charge in [0, 0.05) is 32.3 Å². The van der Waals surface area contributed by atoms with Crippen molar-refractivity contribution in [2.45, 2.75) is 122 Å². The molecule has 5 nitrogen and oxygen atoms in total. The summed E-state index contributed by atoms with van der Waals surface area (Å²) in [5.74, 6) is 5.45. The van der Waals surface area contributed by atoms with Crippen molar-refractivity contribution in [2.24, 2.45) is 0 Å². The van der Waals surface area contributed by atoms with Crippen LogP contribution in [0, 0.1) is 11.8 Å². The topological polar surface area (TPSA) is 54.0 Å². The van der Waals surface area contributed by atoms with Crippen molar-refractivity contribution in [3.05, 3.63) is 72.8 Å². The predicted molar refractivity (Wildman–Crippen MR) is 176 cm³/mol. The smallest absolute Gasteiger partial charge is 0.303 e. The minimum atomic E-state index is -2.55. The Kier molecular flexibility index (Phi) is 11.9. The highest BCUT2D eigenvalue weighted by Gasteiger charge is 2.51. The lowest BCUT2D eigenvalue weighted by molar-refractivity contribution is -0.189. The molecule has 0 bridgehead atoms. The lowest BCUT2D eigenvalue weighted by atomic mass is 9.94. The standard InChI is InChI=1S/C37H50O5Si/c1-30(42-43(36(3,4)5,34-22-14-9-15-23-34)35-24-16-10-17-25-35)20-12-7-6-8-13-21-32(40-31(2)38)28-33-29-39-37(41-33)26-18-11-19-27-37/h6,8-10,14-17,22-25,30,32-33H,7,11-12,18-20,26-29H2,1-5H3/b8-6+/t30-,32+,33-/m1/s1. The SMILES string of the molecule is CC(=O)O[C@@H](C#C/C=C/CCC[C@@H](C)O[Si](c1ccccc1)(c1ccccc1)C(C)(C)C)C[C@@H]1COC2(CCCCC2)O1. The lowest BCUT2D eigenvalue weighted by Crippen LogP contribution is -2.67. The Labute approximate surface area is 260 Å². The monoisotopic (exact) mass is 602 g/mol. The molecule has 1 saturated heterocycles. The number of carbonyl (C=O) groups excluding carboxylic acids is 1. The first-order valence-electron chi connectivity index (χ1n) is 16.1. The summed E-state index contributed by atoms with van der Waals surface area (Å²) in [6.45, 7) is 11.1. The summed E-state index contributed by atoms with van der Waals surface area (Å²) < 4.78 is 25.0. The Morgan fingerprint density at radius 1 is 1.05 bits per heavy atom. The van der Waals surface area contributed by atoms with E-state index in [1.54, 1.807) is 0 Å². The minimum absolute atomic E-state index is 0.0371. The second-order valence-electron chi connectivity index (χ2n) is 13.1. The fourth-order valence-corrected chi connectivity index (χ4v) is 11.3. The molecular weight excluding hydrogens is 552 g/mol. The summed E-state index contributed by atoms with van der Waals surface area (Å²) in [7, 11) is -2.55. The van der Waals surface area contributed by atoms with Gasteiger partial charge in [0.1, 0.15) is 0 Å². The van der Waals surface area contributed by atoms with Crippen molar-refractivity contribution in [3.8, 4) is 11.8 Å². The number of esters is 1. The Morgan fingerprint density at radius 3 is 2.26 bits per heavy atom. The van der Waals surface area contributed by atoms with E-state index in [2.05, 4.69) is 106 Å². The summed E-state index contributed by atoms with van der Waals surface area (Å²) in [4.78, 5) is 11.7. The third-order valence-electron chi connectivity index (χ3n) is 8.54. The minimum Gasteiger partial charge on any atom is -0.449 e. The molecule has 1 aliphatic carbocycles. The molecule has 1 aliphatic heterocycles. The summed E-state index contributed by atoms with van der Waals surface area (Å²) in [6.07, 6.45) is 12.3. The fraction of sp³-hybridized carbons (Fsp3) is 0.541. The van der Waals surface area contributed by atoms with Crippen LogP contribution >= 0.6 is 0 Å². The zero-order valence-corrected chi connectivity index (χ0v) is 27.8. The van der Waals surface area contributed by atoms with Gasteiger partial charge in [-0.2, -0.15) is 0 Å². The Morgan fingerprint density at radius 2 is 1.67 bits per heavy atom. The average molecular weight is 603 g/mol. The van der Waals surface area contributed by atoms with Crippen LogP contribution in [0.25, 0.3) is 0 Å². The number of ether oxygens (including phenoxy) is 3. The first-order chi connectivity index (χ1) is 20.6. The predicted octanol–water partition coefficient (Wildman–Crippen LogP) is 7.08. The Balaban J connectivity index is 1.32. The largest absolute Gasteiger partial charge is 0.449 e. The van der Waals surface area contributed by atoms with E-state index in [-0.39, 0.29) is 23.2 Å². The molecule has 43 heavy (non-hydrogen) atoms. The second kappa shape index (κ2) is 15.3. The molecule has 0 unspecified atom stereocenters. The van der Waals surface area contributed by atoms with Crippen LogP contribution in [0.15, 0.2) is 72.8 Å². The van der Waals surface area contributed by atoms with Crippen LogP contribution in [-0.2, 0) is 23.4 Å². The van der Waals surface area contributed by atoms with Crippen LogP contribution in [0.2, 0.25) is 5.04 Å². The van der Waals surface area contributed by atoms with Crippen LogP contribution in [0.4, 0.5) is 0 Å². The molecule has 232 valence electrons. The number of hydrogen-bond acceptors (Lipinski definition) is 5. The van der Waals surface area contributed by atoms with Crippen LogP contribution < -0.4 is 10.4 Å². The molecule has 4 rings (SSSR count). The van der Waals surface area contributed by atoms with E-state index in [1.807, 2.05) is 6.08 Å². The number of hydrogen-bond donors (Lipinski definition) is 0. The Bertz CT molecular complexity index is 1200. The molecule has 2 aliphatic rings. The van der Waals surface area contributed by atoms with E-state index in [0.717, 1.165) is 44.9 Å². The van der Waals surface area contributed by atoms with Crippen molar-refractivity contribution in [2.75, 3.05) is 6.61 Å². The molecule has 1 spiro atoms. The molecular formula is C37H50O5Si. The third kappa shape index (κ3) is 8.92. The van der Waals surface area contributed by atoms with Crippen molar-refractivity contribution in [3.63, 3.8) is 0 Å². The molecule has 0 aromatic heterocycles. The molecule has 0 amide bonds. The van der Waals surface area contributed by atoms with Crippen molar-refractivity contribution in [1.82, 2.24) is 0 Å². The van der Waals surface area contributed by atoms with Crippen LogP contribution in [-0.4, -0.2) is 45.0 Å². The van der Waals surface area contributed by atoms with Gasteiger partial charge in [-0.25, -0.2) is 0 Å². The maximum absolute atomic E-state index is 11.7. The van der Waals surface area contributed by atoms with E-state index in [1.165, 1.54) is 23.7 Å². The number of rotatable bonds is 11. The van der Waals surface area contributed by atoms with Gasteiger partial charge in [-0.1, -0.05) is 106 Å². The van der Waals surface area contributed by atoms with E-state index in [9.17, 15) is 4.79 Å². The van der Waals surface area contributed by atoms with Crippen LogP contribution in [0.5, 0.6) is 0 Å². The molecule has 1 heterocycles. The maximum Gasteiger partial charge on any atom is 0.303 e. The highest BCUT2D eigenvalue weighted by molar-refractivity contribution is 6.99. The maximum atomic E-state index is 11.7. The first kappa shape index (κ1) is 33.2. The number of unbranched alkanes of at least 4 members (excludes halogenated alkanes) is 1. The van der Waals surface area contributed by atoms with Gasteiger partial charge >= 0.3 is 5.97 Å². The molecule has 3 atom stereocenters. The van der Waals surface area contributed by atoms with Gasteiger partial charge in [-0.3, -0.25) is 4.79 Å². The van der Waals surface area contributed by atoms with Gasteiger partial charge in [0.2, 0.25) is 0 Å². The van der Waals surface area contributed by atoms with Gasteiger partial charge < -0.3 is 18.6 Å². The molecule has 2 aromatic rings. The molecule has 0 radical (unpaired) electrons. The molecule has 1 saturated carbocycles. The number of benzene rings is 2. The highest BCUT2D eigenvalue weighted by Crippen LogP contribution is 2.39. The quantitative estimate of drug-likeness (QED) is 0.119. The van der Waals surface area contributed by atoms with Gasteiger partial charge in [-0.05, 0) is 60.5 Å². The second-order valence-corrected chi connectivity index (χ2v) is 17.3. The summed E-state index contributed by atoms with van der Waals surface area (Å²) in [6, 6.07) is 21.6. The highest BCUT2D eigenvalue weighted by atomic mass is 28.4. The van der Waals surface area contributed by atoms with Gasteiger partial charge in [0.15, 0.2) is 11.9 Å².